The molecule has 62 valence electrons. The Bertz CT molecular complexity index is 521. The molecule has 3 heterocycles. The van der Waals surface area contributed by atoms with Crippen molar-refractivity contribution >= 4 is 16.9 Å². The molecule has 3 rings (SSSR count). The van der Waals surface area contributed by atoms with Crippen LogP contribution in [-0.2, 0) is 0 Å². The molecule has 6 nitrogen and oxygen atoms in total. The standard InChI is InChI=1S/C7H4N6/c1-2-13-6-5(3-8-4-9-6)11-7(13)12-10-1/h1-4H. The van der Waals surface area contributed by atoms with Crippen LogP contribution in [0, 0.1) is 0 Å². The maximum absolute atomic E-state index is 4.18. The SMILES string of the molecule is c1cn2c(nn1)nc1cncnc12. The molecule has 0 aromatic carbocycles. The number of imidazole rings is 1. The van der Waals surface area contributed by atoms with Gasteiger partial charge in [0.25, 0.3) is 5.78 Å². The summed E-state index contributed by atoms with van der Waals surface area (Å²) in [7, 11) is 0. The van der Waals surface area contributed by atoms with Crippen LogP contribution >= 0.6 is 0 Å². The Morgan fingerprint density at radius 3 is 3.31 bits per heavy atom. The minimum Gasteiger partial charge on any atom is -0.265 e. The number of aromatic nitrogens is 6. The van der Waals surface area contributed by atoms with Crippen molar-refractivity contribution in [3.8, 4) is 0 Å². The van der Waals surface area contributed by atoms with Gasteiger partial charge >= 0.3 is 0 Å². The van der Waals surface area contributed by atoms with Crippen molar-refractivity contribution in [1.82, 2.24) is 29.5 Å². The maximum atomic E-state index is 4.18. The molecular weight excluding hydrogens is 168 g/mol. The van der Waals surface area contributed by atoms with Gasteiger partial charge in [-0.15, -0.1) is 5.10 Å². The minimum absolute atomic E-state index is 0.540. The largest absolute Gasteiger partial charge is 0.265 e. The van der Waals surface area contributed by atoms with Crippen LogP contribution in [0.3, 0.4) is 0 Å². The first-order valence-corrected chi connectivity index (χ1v) is 3.70. The molecule has 0 saturated carbocycles. The highest BCUT2D eigenvalue weighted by Gasteiger charge is 2.04. The predicted octanol–water partition coefficient (Wildman–Crippen LogP) is 0.0675. The van der Waals surface area contributed by atoms with E-state index in [1.54, 1.807) is 23.0 Å². The monoisotopic (exact) mass is 172 g/mol. The first-order chi connectivity index (χ1) is 6.45. The third-order valence-corrected chi connectivity index (χ3v) is 1.77. The van der Waals surface area contributed by atoms with Crippen molar-refractivity contribution in [2.75, 3.05) is 0 Å². The molecule has 3 aromatic rings. The number of hydrogen-bond donors (Lipinski definition) is 0. The van der Waals surface area contributed by atoms with Gasteiger partial charge < -0.3 is 0 Å². The van der Waals surface area contributed by atoms with Gasteiger partial charge in [-0.05, 0) is 0 Å². The molecule has 0 spiro atoms. The highest BCUT2D eigenvalue weighted by molar-refractivity contribution is 5.73. The van der Waals surface area contributed by atoms with Crippen molar-refractivity contribution in [3.05, 3.63) is 24.9 Å². The van der Waals surface area contributed by atoms with Crippen LogP contribution in [0.2, 0.25) is 0 Å². The van der Waals surface area contributed by atoms with E-state index in [0.29, 0.717) is 5.78 Å². The molecular formula is C7H4N6. The lowest BCUT2D eigenvalue weighted by atomic mass is 10.6. The van der Waals surface area contributed by atoms with E-state index in [-0.39, 0.29) is 0 Å². The van der Waals surface area contributed by atoms with Gasteiger partial charge in [-0.3, -0.25) is 4.40 Å². The smallest absolute Gasteiger partial charge is 0.255 e. The van der Waals surface area contributed by atoms with E-state index >= 15 is 0 Å². The van der Waals surface area contributed by atoms with Crippen LogP contribution in [0.5, 0.6) is 0 Å². The summed E-state index contributed by atoms with van der Waals surface area (Å²) in [5.41, 5.74) is 1.47. The molecule has 0 aliphatic carbocycles. The lowest BCUT2D eigenvalue weighted by Gasteiger charge is -1.88. The first kappa shape index (κ1) is 6.41. The van der Waals surface area contributed by atoms with E-state index in [4.69, 9.17) is 0 Å². The third kappa shape index (κ3) is 0.792. The van der Waals surface area contributed by atoms with Crippen LogP contribution in [0.1, 0.15) is 0 Å². The predicted molar refractivity (Wildman–Crippen MR) is 43.9 cm³/mol. The van der Waals surface area contributed by atoms with E-state index in [1.807, 2.05) is 0 Å². The van der Waals surface area contributed by atoms with E-state index in [2.05, 4.69) is 25.1 Å². The van der Waals surface area contributed by atoms with Gasteiger partial charge in [-0.25, -0.2) is 15.0 Å². The second-order valence-corrected chi connectivity index (χ2v) is 2.53. The zero-order valence-corrected chi connectivity index (χ0v) is 6.49. The van der Waals surface area contributed by atoms with Gasteiger partial charge in [0.2, 0.25) is 0 Å². The van der Waals surface area contributed by atoms with Gasteiger partial charge in [0.1, 0.15) is 11.8 Å². The van der Waals surface area contributed by atoms with Gasteiger partial charge in [0, 0.05) is 6.20 Å². The van der Waals surface area contributed by atoms with Crippen LogP contribution < -0.4 is 0 Å². The number of nitrogens with zero attached hydrogens (tertiary/aromatic N) is 6. The molecule has 0 fully saturated rings. The van der Waals surface area contributed by atoms with Crippen LogP contribution in [0.15, 0.2) is 24.9 Å². The minimum atomic E-state index is 0.540. The summed E-state index contributed by atoms with van der Waals surface area (Å²) >= 11 is 0. The lowest BCUT2D eigenvalue weighted by molar-refractivity contribution is 0.970. The molecule has 13 heavy (non-hydrogen) atoms. The highest BCUT2D eigenvalue weighted by atomic mass is 15.2. The van der Waals surface area contributed by atoms with E-state index < -0.39 is 0 Å². The molecule has 0 saturated heterocycles. The second-order valence-electron chi connectivity index (χ2n) is 2.53. The Balaban J connectivity index is 2.64. The molecule has 0 N–H and O–H groups in total. The molecule has 0 atom stereocenters. The Labute approximate surface area is 72.3 Å². The fourth-order valence-corrected chi connectivity index (χ4v) is 1.23. The van der Waals surface area contributed by atoms with Crippen molar-refractivity contribution in [1.29, 1.82) is 0 Å². The fourth-order valence-electron chi connectivity index (χ4n) is 1.23. The number of rotatable bonds is 0. The fraction of sp³-hybridized carbons (Fsp3) is 0. The molecule has 0 aliphatic heterocycles. The van der Waals surface area contributed by atoms with Crippen molar-refractivity contribution in [3.63, 3.8) is 0 Å². The van der Waals surface area contributed by atoms with Crippen molar-refractivity contribution in [2.24, 2.45) is 0 Å². The number of fused-ring (bicyclic) bond motifs is 3. The molecule has 0 radical (unpaired) electrons. The molecule has 0 unspecified atom stereocenters. The maximum Gasteiger partial charge on any atom is 0.255 e. The summed E-state index contributed by atoms with van der Waals surface area (Å²) in [5.74, 6) is 0.540. The Hall–Kier alpha value is -2.11. The van der Waals surface area contributed by atoms with Gasteiger partial charge in [-0.1, -0.05) is 0 Å². The molecule has 0 amide bonds. The normalized spacial score (nSPS) is 11.1. The van der Waals surface area contributed by atoms with E-state index in [1.165, 1.54) is 6.33 Å². The average Bonchev–Trinajstić information content (AvgIpc) is 2.56. The average molecular weight is 172 g/mol. The van der Waals surface area contributed by atoms with E-state index in [0.717, 1.165) is 11.2 Å². The van der Waals surface area contributed by atoms with Crippen molar-refractivity contribution < 1.29 is 0 Å². The summed E-state index contributed by atoms with van der Waals surface area (Å²) in [6.07, 6.45) is 6.49. The summed E-state index contributed by atoms with van der Waals surface area (Å²) in [6.45, 7) is 0. The van der Waals surface area contributed by atoms with Gasteiger partial charge in [0.15, 0.2) is 5.65 Å². The highest BCUT2D eigenvalue weighted by Crippen LogP contribution is 2.08. The van der Waals surface area contributed by atoms with Crippen LogP contribution in [0.25, 0.3) is 16.9 Å². The molecule has 0 bridgehead atoms. The zero-order chi connectivity index (χ0) is 8.67. The summed E-state index contributed by atoms with van der Waals surface area (Å²) < 4.78 is 1.77. The molecule has 6 heteroatoms. The summed E-state index contributed by atoms with van der Waals surface area (Å²) in [6, 6.07) is 0. The number of hydrogen-bond acceptors (Lipinski definition) is 5. The van der Waals surface area contributed by atoms with Gasteiger partial charge in [0.05, 0.1) is 12.4 Å². The van der Waals surface area contributed by atoms with Gasteiger partial charge in [-0.2, -0.15) is 5.10 Å². The summed E-state index contributed by atoms with van der Waals surface area (Å²) in [5, 5.41) is 7.58. The zero-order valence-electron chi connectivity index (χ0n) is 6.49. The first-order valence-electron chi connectivity index (χ1n) is 3.70. The topological polar surface area (TPSA) is 68.9 Å². The van der Waals surface area contributed by atoms with Crippen molar-refractivity contribution in [2.45, 2.75) is 0 Å². The Kier molecular flexibility index (Phi) is 1.08. The third-order valence-electron chi connectivity index (χ3n) is 1.77. The van der Waals surface area contributed by atoms with E-state index in [9.17, 15) is 0 Å². The Morgan fingerprint density at radius 1 is 1.31 bits per heavy atom. The lowest BCUT2D eigenvalue weighted by Crippen LogP contribution is -1.90. The van der Waals surface area contributed by atoms with Crippen LogP contribution in [-0.4, -0.2) is 29.5 Å². The Morgan fingerprint density at radius 2 is 2.31 bits per heavy atom. The summed E-state index contributed by atoms with van der Waals surface area (Å²) in [4.78, 5) is 12.1. The van der Waals surface area contributed by atoms with Crippen LogP contribution in [0.4, 0.5) is 0 Å². The quantitative estimate of drug-likeness (QED) is 0.480. The molecule has 0 aliphatic rings. The molecule has 3 aromatic heterocycles. The second kappa shape index (κ2) is 2.19.